The molecule has 0 aromatic heterocycles. The van der Waals surface area contributed by atoms with Crippen LogP contribution in [0, 0.1) is 5.92 Å². The summed E-state index contributed by atoms with van der Waals surface area (Å²) in [4.78, 5) is 64.7. The van der Waals surface area contributed by atoms with Crippen molar-refractivity contribution in [1.82, 2.24) is 10.2 Å². The van der Waals surface area contributed by atoms with Gasteiger partial charge in [0.25, 0.3) is 5.91 Å². The number of β-lactam (4-membered cyclic amide) rings is 2. The average Bonchev–Trinajstić information content (AvgIpc) is 3.06. The summed E-state index contributed by atoms with van der Waals surface area (Å²) in [6.07, 6.45) is 5.37. The number of anilines is 1. The average molecular weight is 650 g/mol. The van der Waals surface area contributed by atoms with Gasteiger partial charge in [0, 0.05) is 30.4 Å². The number of carbonyl (C=O) groups is 5. The summed E-state index contributed by atoms with van der Waals surface area (Å²) in [7, 11) is 1.62. The fourth-order valence-corrected chi connectivity index (χ4v) is 7.63. The Morgan fingerprint density at radius 3 is 2.30 bits per heavy atom. The number of fused-ring (bicyclic) bond motifs is 1. The molecule has 0 aliphatic carbocycles. The molecule has 3 heterocycles. The van der Waals surface area contributed by atoms with Crippen LogP contribution < -0.4 is 15.0 Å². The maximum Gasteiger partial charge on any atom is 0.352 e. The van der Waals surface area contributed by atoms with E-state index in [0.29, 0.717) is 12.0 Å². The number of nitrogens with zero attached hydrogens (tertiary/aromatic N) is 2. The lowest BCUT2D eigenvalue weighted by Crippen LogP contribution is -2.70. The molecule has 12 heteroatoms. The van der Waals surface area contributed by atoms with E-state index in [4.69, 9.17) is 9.47 Å². The smallest absolute Gasteiger partial charge is 0.352 e. The molecule has 0 saturated carbocycles. The zero-order valence-corrected chi connectivity index (χ0v) is 26.8. The molecule has 3 aliphatic rings. The van der Waals surface area contributed by atoms with Gasteiger partial charge in [0.2, 0.25) is 11.8 Å². The van der Waals surface area contributed by atoms with E-state index in [0.717, 1.165) is 49.1 Å². The first kappa shape index (κ1) is 33.1. The van der Waals surface area contributed by atoms with Crippen LogP contribution in [-0.4, -0.2) is 70.6 Å². The van der Waals surface area contributed by atoms with E-state index in [1.54, 1.807) is 7.11 Å². The van der Waals surface area contributed by atoms with Gasteiger partial charge in [-0.1, -0.05) is 56.0 Å². The Kier molecular flexibility index (Phi) is 10.7. The van der Waals surface area contributed by atoms with Crippen molar-refractivity contribution < 1.29 is 38.6 Å². The Balaban J connectivity index is 1.03. The maximum atomic E-state index is 13.3. The Morgan fingerprint density at radius 1 is 0.935 bits per heavy atom. The summed E-state index contributed by atoms with van der Waals surface area (Å²) < 4.78 is 10.2. The third kappa shape index (κ3) is 7.06. The summed E-state index contributed by atoms with van der Waals surface area (Å²) in [5.41, 5.74) is 2.16. The first-order valence-electron chi connectivity index (χ1n) is 15.6. The van der Waals surface area contributed by atoms with E-state index >= 15 is 0 Å². The number of aliphatic carboxylic acids is 1. The van der Waals surface area contributed by atoms with E-state index in [2.05, 4.69) is 17.4 Å². The quantitative estimate of drug-likeness (QED) is 0.163. The van der Waals surface area contributed by atoms with Crippen molar-refractivity contribution in [2.24, 2.45) is 5.92 Å². The number of benzene rings is 2. The Bertz CT molecular complexity index is 1500. The molecule has 2 aromatic rings. The number of hydrogen-bond donors (Lipinski definition) is 2. The highest BCUT2D eigenvalue weighted by Gasteiger charge is 2.54. The minimum atomic E-state index is -1.27. The van der Waals surface area contributed by atoms with Gasteiger partial charge in [-0.25, -0.2) is 4.79 Å². The second kappa shape index (κ2) is 14.8. The van der Waals surface area contributed by atoms with Crippen molar-refractivity contribution >= 4 is 47.1 Å². The lowest BCUT2D eigenvalue weighted by molar-refractivity contribution is -0.151. The lowest BCUT2D eigenvalue weighted by atomic mass is 9.78. The van der Waals surface area contributed by atoms with Crippen molar-refractivity contribution in [3.63, 3.8) is 0 Å². The molecular weight excluding hydrogens is 610 g/mol. The van der Waals surface area contributed by atoms with E-state index in [9.17, 15) is 29.1 Å². The number of carboxylic acid groups (broad SMARTS) is 1. The number of thioether (sulfide) groups is 1. The molecule has 3 amide bonds. The Morgan fingerprint density at radius 2 is 1.63 bits per heavy atom. The zero-order valence-electron chi connectivity index (χ0n) is 26.0. The first-order chi connectivity index (χ1) is 22.2. The number of unbranched alkanes of at least 4 members (excludes halogenated alkanes) is 4. The summed E-state index contributed by atoms with van der Waals surface area (Å²) in [6.45, 7) is 1.04. The van der Waals surface area contributed by atoms with Crippen molar-refractivity contribution in [3.8, 4) is 5.75 Å². The number of hydrogen-bond acceptors (Lipinski definition) is 8. The van der Waals surface area contributed by atoms with E-state index in [-0.39, 0.29) is 48.3 Å². The third-order valence-electron chi connectivity index (χ3n) is 8.64. The van der Waals surface area contributed by atoms with Crippen LogP contribution in [-0.2, 0) is 28.7 Å². The molecule has 46 heavy (non-hydrogen) atoms. The highest BCUT2D eigenvalue weighted by Crippen LogP contribution is 2.46. The minimum Gasteiger partial charge on any atom is -0.497 e. The van der Waals surface area contributed by atoms with Gasteiger partial charge in [-0.05, 0) is 42.7 Å². The van der Waals surface area contributed by atoms with Gasteiger partial charge < -0.3 is 24.8 Å². The minimum absolute atomic E-state index is 0.0132. The molecule has 5 rings (SSSR count). The van der Waals surface area contributed by atoms with Crippen LogP contribution in [0.2, 0.25) is 0 Å². The summed E-state index contributed by atoms with van der Waals surface area (Å²) in [5.74, 6) is -1.45. The molecule has 11 nitrogen and oxygen atoms in total. The van der Waals surface area contributed by atoms with Crippen molar-refractivity contribution in [2.45, 2.75) is 69.3 Å². The molecule has 0 spiro atoms. The van der Waals surface area contributed by atoms with Crippen LogP contribution in [0.5, 0.6) is 5.75 Å². The van der Waals surface area contributed by atoms with E-state index < -0.39 is 29.3 Å². The normalized spacial score (nSPS) is 22.0. The maximum absolute atomic E-state index is 13.3. The van der Waals surface area contributed by atoms with Crippen LogP contribution in [0.15, 0.2) is 65.9 Å². The Hall–Kier alpha value is -4.32. The fraction of sp³-hybridized carbons (Fsp3) is 0.441. The summed E-state index contributed by atoms with van der Waals surface area (Å²) >= 11 is 1.34. The van der Waals surface area contributed by atoms with E-state index in [1.165, 1.54) is 23.6 Å². The number of methoxy groups -OCH3 is 1. The molecule has 2 N–H and O–H groups in total. The number of carboxylic acids is 1. The number of esters is 1. The molecule has 244 valence electrons. The van der Waals surface area contributed by atoms with Gasteiger partial charge in [-0.2, -0.15) is 0 Å². The van der Waals surface area contributed by atoms with Crippen molar-refractivity contribution in [3.05, 3.63) is 71.4 Å². The van der Waals surface area contributed by atoms with Gasteiger partial charge in [0.15, 0.2) is 0 Å². The Labute approximate surface area is 272 Å². The molecule has 0 radical (unpaired) electrons. The van der Waals surface area contributed by atoms with Crippen molar-refractivity contribution in [2.75, 3.05) is 24.4 Å². The van der Waals surface area contributed by atoms with Crippen LogP contribution in [0.25, 0.3) is 0 Å². The number of amides is 3. The van der Waals surface area contributed by atoms with Crippen LogP contribution in [0.1, 0.15) is 63.5 Å². The lowest BCUT2D eigenvalue weighted by Gasteiger charge is -2.49. The molecule has 4 atom stereocenters. The third-order valence-corrected chi connectivity index (χ3v) is 9.98. The number of rotatable bonds is 15. The highest BCUT2D eigenvalue weighted by atomic mass is 32.2. The number of ether oxygens (including phenoxy) is 2. The first-order valence-corrected chi connectivity index (χ1v) is 16.6. The molecule has 2 fully saturated rings. The van der Waals surface area contributed by atoms with Crippen molar-refractivity contribution in [1.29, 1.82) is 0 Å². The van der Waals surface area contributed by atoms with Crippen LogP contribution >= 0.6 is 11.8 Å². The molecule has 2 unspecified atom stereocenters. The largest absolute Gasteiger partial charge is 0.497 e. The zero-order chi connectivity index (χ0) is 32.8. The summed E-state index contributed by atoms with van der Waals surface area (Å²) in [5, 5.41) is 11.9. The standard InChI is InChI=1S/C34H39N3O8S/c1-21(38)45-19-23-20-46-33-28(32(41)37(33)30(23)34(42)43)35-27(39)14-10-5-3-4-9-13-26-29(22-11-7-6-8-12-22)36(31(26)40)24-15-17-25(44-2)18-16-24/h6-8,11-12,15-18,26,28-29,33H,3-5,9-10,13-14,19-20H2,1-2H3,(H,35,39)(H,42,43)/t26?,28-,29?,33-/m1/s1. The van der Waals surface area contributed by atoms with Gasteiger partial charge in [-0.15, -0.1) is 11.8 Å². The van der Waals surface area contributed by atoms with Crippen LogP contribution in [0.3, 0.4) is 0 Å². The second-order valence-corrected chi connectivity index (χ2v) is 12.8. The van der Waals surface area contributed by atoms with Gasteiger partial charge in [-0.3, -0.25) is 24.1 Å². The molecule has 0 bridgehead atoms. The van der Waals surface area contributed by atoms with E-state index in [1.807, 2.05) is 47.4 Å². The predicted octanol–water partition coefficient (Wildman–Crippen LogP) is 4.43. The predicted molar refractivity (Wildman–Crippen MR) is 172 cm³/mol. The molecule has 2 saturated heterocycles. The van der Waals surface area contributed by atoms with Gasteiger partial charge >= 0.3 is 11.9 Å². The molecule has 3 aliphatic heterocycles. The van der Waals surface area contributed by atoms with Gasteiger partial charge in [0.05, 0.1) is 19.1 Å². The van der Waals surface area contributed by atoms with Crippen LogP contribution in [0.4, 0.5) is 5.69 Å². The monoisotopic (exact) mass is 649 g/mol. The summed E-state index contributed by atoms with van der Waals surface area (Å²) in [6, 6.07) is 16.9. The fourth-order valence-electron chi connectivity index (χ4n) is 6.30. The number of nitrogens with one attached hydrogen (secondary N) is 1. The molecular formula is C34H39N3O8S. The second-order valence-electron chi connectivity index (χ2n) is 11.7. The SMILES string of the molecule is COc1ccc(N2C(=O)C(CCCCCCCC(=O)N[C@@H]3C(=O)N4C(C(=O)O)=C(COC(C)=O)CS[C@H]34)C2c2ccccc2)cc1. The highest BCUT2D eigenvalue weighted by molar-refractivity contribution is 8.00. The molecule has 2 aromatic carbocycles. The number of carbonyl (C=O) groups excluding carboxylic acids is 4. The topological polar surface area (TPSA) is 143 Å². The van der Waals surface area contributed by atoms with Gasteiger partial charge in [0.1, 0.15) is 29.5 Å².